The van der Waals surface area contributed by atoms with E-state index in [4.69, 9.17) is 0 Å². The average molecular weight is 314 g/mol. The lowest BCUT2D eigenvalue weighted by atomic mass is 9.71. The summed E-state index contributed by atoms with van der Waals surface area (Å²) in [5.41, 5.74) is 2.86. The van der Waals surface area contributed by atoms with Gasteiger partial charge in [0.1, 0.15) is 6.17 Å². The highest BCUT2D eigenvalue weighted by molar-refractivity contribution is 5.39. The molecule has 0 aromatic heterocycles. The highest BCUT2D eigenvalue weighted by Gasteiger charge is 2.45. The van der Waals surface area contributed by atoms with Crippen LogP contribution in [0.15, 0.2) is 35.6 Å². The Morgan fingerprint density at radius 2 is 2.04 bits per heavy atom. The Kier molecular flexibility index (Phi) is 3.23. The molecule has 3 aliphatic carbocycles. The van der Waals surface area contributed by atoms with Gasteiger partial charge in [-0.2, -0.15) is 0 Å². The first-order valence-corrected chi connectivity index (χ1v) is 9.42. The van der Waals surface area contributed by atoms with Crippen molar-refractivity contribution in [2.24, 2.45) is 23.2 Å². The lowest BCUT2D eigenvalue weighted by Crippen LogP contribution is -2.45. The summed E-state index contributed by atoms with van der Waals surface area (Å²) in [5.74, 6) is 2.63. The Morgan fingerprint density at radius 3 is 2.78 bits per heavy atom. The average Bonchev–Trinajstić information content (AvgIpc) is 3.25. The fourth-order valence-electron chi connectivity index (χ4n) is 5.79. The molecule has 2 bridgehead atoms. The van der Waals surface area contributed by atoms with Gasteiger partial charge in [0, 0.05) is 30.6 Å². The van der Waals surface area contributed by atoms with Crippen LogP contribution < -0.4 is 5.32 Å². The molecule has 1 spiro atoms. The summed E-state index contributed by atoms with van der Waals surface area (Å²) in [5, 5.41) is 3.55. The lowest BCUT2D eigenvalue weighted by Gasteiger charge is -2.42. The zero-order chi connectivity index (χ0) is 15.4. The Morgan fingerprint density at radius 1 is 1.17 bits per heavy atom. The molecule has 2 nitrogen and oxygen atoms in total. The van der Waals surface area contributed by atoms with Gasteiger partial charge in [0.2, 0.25) is 0 Å². The molecule has 124 valence electrons. The third-order valence-electron chi connectivity index (χ3n) is 7.18. The zero-order valence-electron chi connectivity index (χ0n) is 13.8. The number of hydrogen-bond donors (Lipinski definition) is 1. The van der Waals surface area contributed by atoms with Gasteiger partial charge in [0.25, 0.3) is 0 Å². The smallest absolute Gasteiger partial charge is 0.122 e. The molecule has 1 saturated heterocycles. The first kappa shape index (κ1) is 14.3. The van der Waals surface area contributed by atoms with Crippen LogP contribution in [0.3, 0.4) is 0 Å². The van der Waals surface area contributed by atoms with Crippen molar-refractivity contribution in [3.63, 3.8) is 0 Å². The molecule has 2 aliphatic heterocycles. The van der Waals surface area contributed by atoms with Gasteiger partial charge in [0.05, 0.1) is 0 Å². The Labute approximate surface area is 138 Å². The zero-order valence-corrected chi connectivity index (χ0v) is 13.8. The number of rotatable bonds is 2. The molecule has 0 aromatic rings. The van der Waals surface area contributed by atoms with Gasteiger partial charge in [-0.1, -0.05) is 12.2 Å². The normalized spacial score (nSPS) is 40.9. The summed E-state index contributed by atoms with van der Waals surface area (Å²) < 4.78 is 13.8. The molecular weight excluding hydrogens is 287 g/mol. The van der Waals surface area contributed by atoms with Gasteiger partial charge in [-0.3, -0.25) is 0 Å². The van der Waals surface area contributed by atoms with E-state index >= 15 is 0 Å². The lowest BCUT2D eigenvalue weighted by molar-refractivity contribution is 0.114. The molecular formula is C20H27FN2. The summed E-state index contributed by atoms with van der Waals surface area (Å²) in [6, 6.07) is 0. The second-order valence-electron chi connectivity index (χ2n) is 8.45. The Balaban J connectivity index is 1.24. The van der Waals surface area contributed by atoms with E-state index in [1.54, 1.807) is 6.08 Å². The first-order valence-electron chi connectivity index (χ1n) is 9.42. The van der Waals surface area contributed by atoms with Crippen LogP contribution >= 0.6 is 0 Å². The Bertz CT molecular complexity index is 582. The van der Waals surface area contributed by atoms with Crippen LogP contribution in [0.4, 0.5) is 4.39 Å². The summed E-state index contributed by atoms with van der Waals surface area (Å²) in [7, 11) is 0. The van der Waals surface area contributed by atoms with Gasteiger partial charge >= 0.3 is 0 Å². The first-order chi connectivity index (χ1) is 11.2. The van der Waals surface area contributed by atoms with Crippen molar-refractivity contribution in [3.8, 4) is 0 Å². The van der Waals surface area contributed by atoms with E-state index in [-0.39, 0.29) is 5.41 Å². The predicted molar refractivity (Wildman–Crippen MR) is 90.6 cm³/mol. The van der Waals surface area contributed by atoms with Crippen LogP contribution in [0.5, 0.6) is 0 Å². The fourth-order valence-corrected chi connectivity index (χ4v) is 5.79. The third-order valence-corrected chi connectivity index (χ3v) is 7.18. The number of fused-ring (bicyclic) bond motifs is 3. The number of nitrogens with zero attached hydrogens (tertiary/aromatic N) is 1. The Hall–Kier alpha value is -1.09. The minimum absolute atomic E-state index is 0.246. The maximum absolute atomic E-state index is 13.8. The molecule has 5 rings (SSSR count). The molecule has 23 heavy (non-hydrogen) atoms. The van der Waals surface area contributed by atoms with Crippen molar-refractivity contribution in [1.29, 1.82) is 0 Å². The number of piperidine rings is 1. The van der Waals surface area contributed by atoms with Crippen LogP contribution in [0.25, 0.3) is 0 Å². The van der Waals surface area contributed by atoms with E-state index in [1.165, 1.54) is 56.6 Å². The van der Waals surface area contributed by atoms with Crippen molar-refractivity contribution in [3.05, 3.63) is 35.6 Å². The second kappa shape index (κ2) is 5.20. The second-order valence-corrected chi connectivity index (χ2v) is 8.45. The monoisotopic (exact) mass is 314 g/mol. The molecule has 2 heterocycles. The highest BCUT2D eigenvalue weighted by atomic mass is 19.1. The number of allylic oxidation sites excluding steroid dienone is 4. The van der Waals surface area contributed by atoms with Crippen LogP contribution in [-0.2, 0) is 0 Å². The van der Waals surface area contributed by atoms with Crippen molar-refractivity contribution in [2.45, 2.75) is 38.3 Å². The molecule has 2 fully saturated rings. The maximum Gasteiger partial charge on any atom is 0.122 e. The molecule has 5 aliphatic rings. The van der Waals surface area contributed by atoms with Crippen molar-refractivity contribution in [2.75, 3.05) is 26.2 Å². The standard InChI is InChI=1S/C20H27FN2/c21-17-3-4-19-18(11-17)20(13-22-19)5-7-23(8-6-20)12-16-10-14-1-2-15(16)9-14/h1-4,14-17,22H,5-13H2. The molecule has 3 heteroatoms. The van der Waals surface area contributed by atoms with Gasteiger partial charge in [-0.25, -0.2) is 4.39 Å². The summed E-state index contributed by atoms with van der Waals surface area (Å²) in [6.45, 7) is 4.69. The maximum atomic E-state index is 13.8. The molecule has 4 atom stereocenters. The molecule has 1 N–H and O–H groups in total. The van der Waals surface area contributed by atoms with E-state index in [0.29, 0.717) is 6.42 Å². The predicted octanol–water partition coefficient (Wildman–Crippen LogP) is 3.44. The van der Waals surface area contributed by atoms with Crippen molar-refractivity contribution in [1.82, 2.24) is 10.2 Å². The number of halogens is 1. The number of nitrogens with one attached hydrogen (secondary N) is 1. The van der Waals surface area contributed by atoms with Crippen LogP contribution in [-0.4, -0.2) is 37.3 Å². The number of likely N-dealkylation sites (tertiary alicyclic amines) is 1. The number of alkyl halides is 1. The van der Waals surface area contributed by atoms with E-state index < -0.39 is 6.17 Å². The van der Waals surface area contributed by atoms with E-state index in [9.17, 15) is 4.39 Å². The number of hydrogen-bond acceptors (Lipinski definition) is 2. The van der Waals surface area contributed by atoms with Crippen LogP contribution in [0, 0.1) is 23.2 Å². The van der Waals surface area contributed by atoms with E-state index in [0.717, 1.165) is 24.3 Å². The van der Waals surface area contributed by atoms with Gasteiger partial charge < -0.3 is 10.2 Å². The largest absolute Gasteiger partial charge is 0.384 e. The minimum atomic E-state index is -0.774. The summed E-state index contributed by atoms with van der Waals surface area (Å²) >= 11 is 0. The molecule has 0 aromatic carbocycles. The van der Waals surface area contributed by atoms with Gasteiger partial charge in [0.15, 0.2) is 0 Å². The molecule has 0 amide bonds. The van der Waals surface area contributed by atoms with Crippen molar-refractivity contribution >= 4 is 0 Å². The molecule has 4 unspecified atom stereocenters. The van der Waals surface area contributed by atoms with E-state index in [2.05, 4.69) is 22.4 Å². The SMILES string of the molecule is FC1C=CC2=C(C1)C1(CCN(CC3CC4C=CC3C4)CC1)CN2. The van der Waals surface area contributed by atoms with Crippen molar-refractivity contribution < 1.29 is 4.39 Å². The third kappa shape index (κ3) is 2.31. The molecule has 1 saturated carbocycles. The quantitative estimate of drug-likeness (QED) is 0.786. The van der Waals surface area contributed by atoms with E-state index in [1.807, 2.05) is 6.08 Å². The summed E-state index contributed by atoms with van der Waals surface area (Å²) in [4.78, 5) is 2.69. The van der Waals surface area contributed by atoms with Crippen LogP contribution in [0.2, 0.25) is 0 Å². The topological polar surface area (TPSA) is 15.3 Å². The molecule has 0 radical (unpaired) electrons. The van der Waals surface area contributed by atoms with Gasteiger partial charge in [-0.15, -0.1) is 0 Å². The van der Waals surface area contributed by atoms with Crippen LogP contribution in [0.1, 0.15) is 32.1 Å². The highest BCUT2D eigenvalue weighted by Crippen LogP contribution is 2.48. The fraction of sp³-hybridized carbons (Fsp3) is 0.700. The van der Waals surface area contributed by atoms with Gasteiger partial charge in [-0.05, 0) is 74.3 Å². The minimum Gasteiger partial charge on any atom is -0.384 e. The summed E-state index contributed by atoms with van der Waals surface area (Å²) in [6.07, 6.45) is 13.7.